The van der Waals surface area contributed by atoms with Crippen LogP contribution in [0.3, 0.4) is 0 Å². The standard InChI is InChI=1S/C24H29F3N2O4/c1-13-7-5-8-15(14(13)2)29-16-11-22(3,4)12-17(30)19(16)23(21(29)32,24(25,26)27)28-20(31)18-9-6-10-33-18/h6,9-10,13-15H,5,7-8,11-12H2,1-4H3,(H,28,31)/t13-,14+,15+,23-/m0/s1. The van der Waals surface area contributed by atoms with Crippen LogP contribution >= 0.6 is 0 Å². The Balaban J connectivity index is 1.91. The van der Waals surface area contributed by atoms with E-state index in [1.165, 1.54) is 17.0 Å². The van der Waals surface area contributed by atoms with Crippen LogP contribution in [0.2, 0.25) is 0 Å². The fourth-order valence-electron chi connectivity index (χ4n) is 5.69. The molecule has 1 aliphatic heterocycles. The second-order valence-corrected chi connectivity index (χ2v) is 10.5. The molecule has 2 aliphatic carbocycles. The number of furan rings is 1. The van der Waals surface area contributed by atoms with Crippen LogP contribution in [0.15, 0.2) is 34.1 Å². The summed E-state index contributed by atoms with van der Waals surface area (Å²) >= 11 is 0. The first-order valence-corrected chi connectivity index (χ1v) is 11.3. The molecular weight excluding hydrogens is 437 g/mol. The van der Waals surface area contributed by atoms with Crippen LogP contribution in [-0.4, -0.2) is 40.3 Å². The van der Waals surface area contributed by atoms with E-state index in [2.05, 4.69) is 0 Å². The molecule has 0 bridgehead atoms. The highest BCUT2D eigenvalue weighted by atomic mass is 19.4. The van der Waals surface area contributed by atoms with Crippen LogP contribution in [0.5, 0.6) is 0 Å². The molecule has 1 N–H and O–H groups in total. The Labute approximate surface area is 190 Å². The number of hydrogen-bond donors (Lipinski definition) is 1. The first-order valence-electron chi connectivity index (χ1n) is 11.3. The van der Waals surface area contributed by atoms with Gasteiger partial charge in [-0.1, -0.05) is 40.5 Å². The molecule has 0 spiro atoms. The average molecular weight is 467 g/mol. The van der Waals surface area contributed by atoms with E-state index >= 15 is 0 Å². The second kappa shape index (κ2) is 7.74. The minimum atomic E-state index is -5.22. The van der Waals surface area contributed by atoms with Crippen molar-refractivity contribution in [2.45, 2.75) is 77.6 Å². The SMILES string of the molecule is C[C@H]1[C@H](N2C(=O)[C@](NC(=O)c3ccco3)(C(F)(F)F)C3=C2CC(C)(C)CC3=O)CCC[C@@H]1C. The van der Waals surface area contributed by atoms with Crippen molar-refractivity contribution in [3.63, 3.8) is 0 Å². The summed E-state index contributed by atoms with van der Waals surface area (Å²) in [6.45, 7) is 7.57. The van der Waals surface area contributed by atoms with Crippen molar-refractivity contribution in [1.29, 1.82) is 0 Å². The van der Waals surface area contributed by atoms with Gasteiger partial charge in [-0.15, -0.1) is 0 Å². The molecule has 180 valence electrons. The number of carbonyl (C=O) groups is 3. The highest BCUT2D eigenvalue weighted by Gasteiger charge is 2.72. The fourth-order valence-corrected chi connectivity index (χ4v) is 5.69. The van der Waals surface area contributed by atoms with Gasteiger partial charge in [-0.05, 0) is 42.2 Å². The summed E-state index contributed by atoms with van der Waals surface area (Å²) in [6, 6.07) is 2.10. The molecule has 2 amide bonds. The molecule has 2 heterocycles. The Morgan fingerprint density at radius 3 is 2.48 bits per heavy atom. The zero-order chi connectivity index (χ0) is 24.3. The summed E-state index contributed by atoms with van der Waals surface area (Å²) in [5, 5.41) is 1.91. The van der Waals surface area contributed by atoms with Gasteiger partial charge in [-0.25, -0.2) is 0 Å². The molecule has 0 saturated heterocycles. The number of alkyl halides is 3. The highest BCUT2D eigenvalue weighted by molar-refractivity contribution is 6.14. The predicted octanol–water partition coefficient (Wildman–Crippen LogP) is 4.62. The van der Waals surface area contributed by atoms with Crippen LogP contribution in [0, 0.1) is 17.3 Å². The van der Waals surface area contributed by atoms with Gasteiger partial charge in [0.1, 0.15) is 0 Å². The van der Waals surface area contributed by atoms with Crippen LogP contribution in [-0.2, 0) is 9.59 Å². The predicted molar refractivity (Wildman–Crippen MR) is 113 cm³/mol. The number of hydrogen-bond acceptors (Lipinski definition) is 4. The Kier molecular flexibility index (Phi) is 5.53. The van der Waals surface area contributed by atoms with Gasteiger partial charge >= 0.3 is 6.18 Å². The van der Waals surface area contributed by atoms with Crippen molar-refractivity contribution in [2.24, 2.45) is 17.3 Å². The first-order chi connectivity index (χ1) is 15.3. The molecule has 3 aliphatic rings. The van der Waals surface area contributed by atoms with E-state index in [0.717, 1.165) is 19.1 Å². The number of amides is 2. The van der Waals surface area contributed by atoms with Crippen molar-refractivity contribution in [3.05, 3.63) is 35.4 Å². The Morgan fingerprint density at radius 1 is 1.18 bits per heavy atom. The Bertz CT molecular complexity index is 1010. The lowest BCUT2D eigenvalue weighted by atomic mass is 9.72. The van der Waals surface area contributed by atoms with Gasteiger partial charge in [0.25, 0.3) is 11.8 Å². The van der Waals surface area contributed by atoms with Crippen LogP contribution < -0.4 is 5.32 Å². The first kappa shape index (κ1) is 23.6. The third-order valence-electron chi connectivity index (χ3n) is 7.52. The van der Waals surface area contributed by atoms with Gasteiger partial charge < -0.3 is 14.6 Å². The summed E-state index contributed by atoms with van der Waals surface area (Å²) in [7, 11) is 0. The molecule has 9 heteroatoms. The number of nitrogens with one attached hydrogen (secondary N) is 1. The molecule has 1 saturated carbocycles. The van der Waals surface area contributed by atoms with E-state index in [4.69, 9.17) is 4.42 Å². The number of allylic oxidation sites excluding steroid dienone is 1. The summed E-state index contributed by atoms with van der Waals surface area (Å²) in [5.74, 6) is -3.45. The number of ketones is 1. The van der Waals surface area contributed by atoms with Crippen molar-refractivity contribution in [2.75, 3.05) is 0 Å². The van der Waals surface area contributed by atoms with Crippen molar-refractivity contribution in [1.82, 2.24) is 10.2 Å². The van der Waals surface area contributed by atoms with Gasteiger partial charge in [0.2, 0.25) is 5.54 Å². The molecule has 33 heavy (non-hydrogen) atoms. The molecule has 0 radical (unpaired) electrons. The normalized spacial score (nSPS) is 32.2. The van der Waals surface area contributed by atoms with E-state index in [1.54, 1.807) is 13.8 Å². The van der Waals surface area contributed by atoms with E-state index in [1.807, 2.05) is 19.2 Å². The van der Waals surface area contributed by atoms with E-state index in [-0.39, 0.29) is 36.1 Å². The molecule has 1 aromatic heterocycles. The number of nitrogens with zero attached hydrogens (tertiary/aromatic N) is 1. The van der Waals surface area contributed by atoms with Crippen LogP contribution in [0.4, 0.5) is 13.2 Å². The summed E-state index contributed by atoms with van der Waals surface area (Å²) in [5.41, 5.74) is -4.57. The largest absolute Gasteiger partial charge is 0.459 e. The maximum atomic E-state index is 14.8. The third kappa shape index (κ3) is 3.60. The molecule has 1 aromatic rings. The van der Waals surface area contributed by atoms with Crippen LogP contribution in [0.1, 0.15) is 70.4 Å². The lowest BCUT2D eigenvalue weighted by Gasteiger charge is -2.43. The molecule has 0 unspecified atom stereocenters. The number of rotatable bonds is 3. The monoisotopic (exact) mass is 466 g/mol. The van der Waals surface area contributed by atoms with Gasteiger partial charge in [0, 0.05) is 18.2 Å². The topological polar surface area (TPSA) is 79.6 Å². The number of Topliss-reactive ketones (excluding diaryl/α,β-unsaturated/α-hetero) is 1. The van der Waals surface area contributed by atoms with Crippen molar-refractivity contribution in [3.8, 4) is 0 Å². The molecular formula is C24H29F3N2O4. The van der Waals surface area contributed by atoms with E-state index in [0.29, 0.717) is 6.42 Å². The average Bonchev–Trinajstić information content (AvgIpc) is 3.30. The molecule has 6 nitrogen and oxygen atoms in total. The minimum absolute atomic E-state index is 0.0543. The van der Waals surface area contributed by atoms with Gasteiger partial charge in [0.15, 0.2) is 11.5 Å². The van der Waals surface area contributed by atoms with E-state index in [9.17, 15) is 27.6 Å². The van der Waals surface area contributed by atoms with Gasteiger partial charge in [-0.2, -0.15) is 13.2 Å². The smallest absolute Gasteiger partial charge is 0.425 e. The zero-order valence-corrected chi connectivity index (χ0v) is 19.2. The maximum absolute atomic E-state index is 14.8. The summed E-state index contributed by atoms with van der Waals surface area (Å²) < 4.78 is 49.5. The lowest BCUT2D eigenvalue weighted by Crippen LogP contribution is -2.67. The van der Waals surface area contributed by atoms with Crippen molar-refractivity contribution < 1.29 is 32.0 Å². The maximum Gasteiger partial charge on any atom is 0.425 e. The molecule has 1 fully saturated rings. The number of carbonyl (C=O) groups excluding carboxylic acids is 3. The minimum Gasteiger partial charge on any atom is -0.459 e. The lowest BCUT2D eigenvalue weighted by molar-refractivity contribution is -0.192. The van der Waals surface area contributed by atoms with Gasteiger partial charge in [0.05, 0.1) is 11.8 Å². The number of halogens is 3. The highest BCUT2D eigenvalue weighted by Crippen LogP contribution is 2.53. The third-order valence-corrected chi connectivity index (χ3v) is 7.52. The molecule has 4 rings (SSSR count). The zero-order valence-electron chi connectivity index (χ0n) is 19.2. The fraction of sp³-hybridized carbons (Fsp3) is 0.625. The second-order valence-electron chi connectivity index (χ2n) is 10.5. The van der Waals surface area contributed by atoms with E-state index < -0.39 is 46.3 Å². The van der Waals surface area contributed by atoms with Gasteiger partial charge in [-0.3, -0.25) is 14.4 Å². The molecule has 4 atom stereocenters. The molecule has 0 aromatic carbocycles. The summed E-state index contributed by atoms with van der Waals surface area (Å²) in [4.78, 5) is 41.0. The Hall–Kier alpha value is -2.58. The Morgan fingerprint density at radius 2 is 1.88 bits per heavy atom. The summed E-state index contributed by atoms with van der Waals surface area (Å²) in [6.07, 6.45) is -1.82. The van der Waals surface area contributed by atoms with Crippen molar-refractivity contribution >= 4 is 17.6 Å². The van der Waals surface area contributed by atoms with Crippen LogP contribution in [0.25, 0.3) is 0 Å². The quantitative estimate of drug-likeness (QED) is 0.705.